The summed E-state index contributed by atoms with van der Waals surface area (Å²) in [5.74, 6) is 0.696. The Bertz CT molecular complexity index is 240. The zero-order valence-electron chi connectivity index (χ0n) is 9.07. The molecular formula is C10H18N2OS2. The number of thioether (sulfide) groups is 1. The van der Waals surface area contributed by atoms with Crippen LogP contribution in [-0.4, -0.2) is 40.4 Å². The summed E-state index contributed by atoms with van der Waals surface area (Å²) in [6.07, 6.45) is 6.56. The van der Waals surface area contributed by atoms with Gasteiger partial charge < -0.3 is 10.6 Å². The van der Waals surface area contributed by atoms with Gasteiger partial charge in [0.2, 0.25) is 5.91 Å². The summed E-state index contributed by atoms with van der Waals surface area (Å²) >= 11 is 6.44. The zero-order chi connectivity index (χ0) is 11.3. The van der Waals surface area contributed by atoms with Gasteiger partial charge in [0.1, 0.15) is 0 Å². The fraction of sp³-hybridized carbons (Fsp3) is 0.800. The van der Waals surface area contributed by atoms with E-state index in [1.54, 1.807) is 11.8 Å². The minimum absolute atomic E-state index is 0.169. The number of nitrogens with two attached hydrogens (primary N) is 1. The van der Waals surface area contributed by atoms with Crippen LogP contribution < -0.4 is 5.73 Å². The van der Waals surface area contributed by atoms with Gasteiger partial charge in [-0.3, -0.25) is 4.79 Å². The topological polar surface area (TPSA) is 46.3 Å². The van der Waals surface area contributed by atoms with Gasteiger partial charge in [-0.1, -0.05) is 25.1 Å². The summed E-state index contributed by atoms with van der Waals surface area (Å²) < 4.78 is 0. The van der Waals surface area contributed by atoms with E-state index in [0.29, 0.717) is 23.3 Å². The molecule has 0 heterocycles. The second-order valence-corrected chi connectivity index (χ2v) is 5.25. The van der Waals surface area contributed by atoms with E-state index in [1.165, 1.54) is 12.8 Å². The highest BCUT2D eigenvalue weighted by Gasteiger charge is 2.26. The van der Waals surface area contributed by atoms with Crippen LogP contribution in [0.4, 0.5) is 0 Å². The summed E-state index contributed by atoms with van der Waals surface area (Å²) in [6.45, 7) is 0.444. The molecule has 0 spiro atoms. The third-order valence-electron chi connectivity index (χ3n) is 2.68. The monoisotopic (exact) mass is 246 g/mol. The van der Waals surface area contributed by atoms with Crippen molar-refractivity contribution in [2.75, 3.05) is 18.6 Å². The number of amides is 1. The Labute approximate surface area is 101 Å². The number of nitrogens with zero attached hydrogens (tertiary/aromatic N) is 1. The fourth-order valence-corrected chi connectivity index (χ4v) is 2.56. The third-order valence-corrected chi connectivity index (χ3v) is 3.34. The second kappa shape index (κ2) is 6.33. The van der Waals surface area contributed by atoms with Crippen LogP contribution in [0.25, 0.3) is 0 Å². The molecule has 1 amide bonds. The van der Waals surface area contributed by atoms with Crippen molar-refractivity contribution in [1.29, 1.82) is 0 Å². The Hall–Kier alpha value is -0.290. The standard InChI is InChI=1S/C10H18N2OS2/c1-15-7-10(13)12(6-9(11)14)8-4-2-3-5-8/h8H,2-7H2,1H3,(H2,11,14). The van der Waals surface area contributed by atoms with E-state index in [-0.39, 0.29) is 5.91 Å². The van der Waals surface area contributed by atoms with E-state index in [2.05, 4.69) is 0 Å². The lowest BCUT2D eigenvalue weighted by molar-refractivity contribution is -0.129. The number of hydrogen-bond donors (Lipinski definition) is 1. The van der Waals surface area contributed by atoms with Crippen molar-refractivity contribution in [3.05, 3.63) is 0 Å². The van der Waals surface area contributed by atoms with Crippen LogP contribution in [0.1, 0.15) is 25.7 Å². The van der Waals surface area contributed by atoms with E-state index in [4.69, 9.17) is 18.0 Å². The fourth-order valence-electron chi connectivity index (χ4n) is 2.01. The molecule has 1 rings (SSSR count). The lowest BCUT2D eigenvalue weighted by Crippen LogP contribution is -2.44. The van der Waals surface area contributed by atoms with Crippen molar-refractivity contribution >= 4 is 34.9 Å². The highest BCUT2D eigenvalue weighted by atomic mass is 32.2. The molecule has 3 nitrogen and oxygen atoms in total. The van der Waals surface area contributed by atoms with Gasteiger partial charge in [-0.05, 0) is 19.1 Å². The molecule has 86 valence electrons. The number of thiocarbonyl (C=S) groups is 1. The maximum atomic E-state index is 11.9. The predicted molar refractivity (Wildman–Crippen MR) is 69.1 cm³/mol. The Balaban J connectivity index is 2.58. The first-order chi connectivity index (χ1) is 7.15. The Kier molecular flexibility index (Phi) is 5.39. The van der Waals surface area contributed by atoms with Gasteiger partial charge >= 0.3 is 0 Å². The van der Waals surface area contributed by atoms with Crippen molar-refractivity contribution in [3.8, 4) is 0 Å². The van der Waals surface area contributed by atoms with E-state index in [1.807, 2.05) is 11.2 Å². The van der Waals surface area contributed by atoms with E-state index in [0.717, 1.165) is 12.8 Å². The molecule has 0 unspecified atom stereocenters. The van der Waals surface area contributed by atoms with Crippen molar-refractivity contribution in [2.45, 2.75) is 31.7 Å². The first-order valence-electron chi connectivity index (χ1n) is 5.22. The minimum Gasteiger partial charge on any atom is -0.392 e. The molecule has 1 aliphatic carbocycles. The molecule has 0 radical (unpaired) electrons. The van der Waals surface area contributed by atoms with Gasteiger partial charge in [0, 0.05) is 6.04 Å². The van der Waals surface area contributed by atoms with Crippen LogP contribution in [0.3, 0.4) is 0 Å². The zero-order valence-corrected chi connectivity index (χ0v) is 10.7. The molecular weight excluding hydrogens is 228 g/mol. The normalized spacial score (nSPS) is 16.6. The average Bonchev–Trinajstić information content (AvgIpc) is 2.66. The molecule has 0 aromatic heterocycles. The summed E-state index contributed by atoms with van der Waals surface area (Å²) in [4.78, 5) is 14.1. The Morgan fingerprint density at radius 2 is 2.13 bits per heavy atom. The number of rotatable bonds is 5. The molecule has 1 aliphatic rings. The third kappa shape index (κ3) is 3.99. The van der Waals surface area contributed by atoms with Crippen LogP contribution in [-0.2, 0) is 4.79 Å². The van der Waals surface area contributed by atoms with Crippen molar-refractivity contribution in [3.63, 3.8) is 0 Å². The quantitative estimate of drug-likeness (QED) is 0.745. The largest absolute Gasteiger partial charge is 0.392 e. The van der Waals surface area contributed by atoms with Crippen molar-refractivity contribution in [1.82, 2.24) is 4.90 Å². The Morgan fingerprint density at radius 1 is 1.53 bits per heavy atom. The van der Waals surface area contributed by atoms with Gasteiger partial charge in [0.25, 0.3) is 0 Å². The van der Waals surface area contributed by atoms with Gasteiger partial charge in [0.05, 0.1) is 17.3 Å². The maximum absolute atomic E-state index is 11.9. The predicted octanol–water partition coefficient (Wildman–Crippen LogP) is 1.41. The lowest BCUT2D eigenvalue weighted by atomic mass is 10.2. The molecule has 0 atom stereocenters. The van der Waals surface area contributed by atoms with Crippen molar-refractivity contribution < 1.29 is 4.79 Å². The number of carbonyl (C=O) groups is 1. The average molecular weight is 246 g/mol. The van der Waals surface area contributed by atoms with Gasteiger partial charge in [-0.15, -0.1) is 0 Å². The first kappa shape index (κ1) is 12.8. The number of hydrogen-bond acceptors (Lipinski definition) is 3. The van der Waals surface area contributed by atoms with Crippen LogP contribution in [0, 0.1) is 0 Å². The van der Waals surface area contributed by atoms with Gasteiger partial charge in [0.15, 0.2) is 0 Å². The first-order valence-corrected chi connectivity index (χ1v) is 7.02. The molecule has 1 saturated carbocycles. The van der Waals surface area contributed by atoms with Crippen LogP contribution in [0.5, 0.6) is 0 Å². The van der Waals surface area contributed by atoms with Crippen LogP contribution >= 0.6 is 24.0 Å². The molecule has 0 bridgehead atoms. The van der Waals surface area contributed by atoms with Crippen molar-refractivity contribution in [2.24, 2.45) is 5.73 Å². The molecule has 0 saturated heterocycles. The van der Waals surface area contributed by atoms with E-state index >= 15 is 0 Å². The SMILES string of the molecule is CSCC(=O)N(CC(N)=S)C1CCCC1. The molecule has 0 aromatic carbocycles. The molecule has 2 N–H and O–H groups in total. The molecule has 0 aliphatic heterocycles. The maximum Gasteiger partial charge on any atom is 0.233 e. The minimum atomic E-state index is 0.169. The molecule has 1 fully saturated rings. The highest BCUT2D eigenvalue weighted by Crippen LogP contribution is 2.23. The van der Waals surface area contributed by atoms with Crippen LogP contribution in [0.15, 0.2) is 0 Å². The second-order valence-electron chi connectivity index (χ2n) is 3.86. The van der Waals surface area contributed by atoms with E-state index < -0.39 is 0 Å². The van der Waals surface area contributed by atoms with Gasteiger partial charge in [-0.2, -0.15) is 11.8 Å². The smallest absolute Gasteiger partial charge is 0.233 e. The molecule has 15 heavy (non-hydrogen) atoms. The summed E-state index contributed by atoms with van der Waals surface area (Å²) in [7, 11) is 0. The van der Waals surface area contributed by atoms with Crippen LogP contribution in [0.2, 0.25) is 0 Å². The van der Waals surface area contributed by atoms with E-state index in [9.17, 15) is 4.79 Å². The molecule has 0 aromatic rings. The summed E-state index contributed by atoms with van der Waals surface area (Å²) in [6, 6.07) is 0.367. The molecule has 5 heteroatoms. The summed E-state index contributed by atoms with van der Waals surface area (Å²) in [5, 5.41) is 0. The highest BCUT2D eigenvalue weighted by molar-refractivity contribution is 7.99. The van der Waals surface area contributed by atoms with Gasteiger partial charge in [-0.25, -0.2) is 0 Å². The number of carbonyl (C=O) groups excluding carboxylic acids is 1. The Morgan fingerprint density at radius 3 is 2.60 bits per heavy atom. The lowest BCUT2D eigenvalue weighted by Gasteiger charge is -2.28. The summed E-state index contributed by atoms with van der Waals surface area (Å²) in [5.41, 5.74) is 5.53.